The van der Waals surface area contributed by atoms with Crippen molar-refractivity contribution in [2.24, 2.45) is 4.99 Å². The molecule has 28 heavy (non-hydrogen) atoms. The first-order chi connectivity index (χ1) is 13.2. The van der Waals surface area contributed by atoms with E-state index < -0.39 is 11.7 Å². The maximum atomic E-state index is 12.8. The molecule has 152 valence electrons. The molecule has 0 bridgehead atoms. The molecule has 7 heteroatoms. The molecular formula is C21H25F3N2OS. The van der Waals surface area contributed by atoms with Crippen molar-refractivity contribution in [1.82, 2.24) is 4.90 Å². The summed E-state index contributed by atoms with van der Waals surface area (Å²) in [4.78, 5) is 6.91. The number of nitrogens with zero attached hydrogens (tertiary/aromatic N) is 2. The highest BCUT2D eigenvalue weighted by molar-refractivity contribution is 8.15. The fraction of sp³-hybridized carbons (Fsp3) is 0.476. The molecule has 1 aromatic rings. The summed E-state index contributed by atoms with van der Waals surface area (Å²) in [6, 6.07) is 5.51. The average Bonchev–Trinajstić information content (AvgIpc) is 3.26. The van der Waals surface area contributed by atoms with Gasteiger partial charge in [0.25, 0.3) is 0 Å². The summed E-state index contributed by atoms with van der Waals surface area (Å²) in [5.41, 5.74) is 0.0964. The van der Waals surface area contributed by atoms with Gasteiger partial charge in [0.15, 0.2) is 0 Å². The quantitative estimate of drug-likeness (QED) is 0.582. The van der Waals surface area contributed by atoms with Crippen molar-refractivity contribution in [3.63, 3.8) is 0 Å². The Labute approximate surface area is 168 Å². The predicted octanol–water partition coefficient (Wildman–Crippen LogP) is 5.14. The molecule has 1 aromatic carbocycles. The van der Waals surface area contributed by atoms with Crippen molar-refractivity contribution in [3.05, 3.63) is 60.3 Å². The Bertz CT molecular complexity index is 760. The van der Waals surface area contributed by atoms with Crippen molar-refractivity contribution < 1.29 is 17.9 Å². The van der Waals surface area contributed by atoms with Crippen LogP contribution in [0.4, 0.5) is 13.2 Å². The number of benzene rings is 1. The van der Waals surface area contributed by atoms with Crippen LogP contribution >= 0.6 is 11.8 Å². The summed E-state index contributed by atoms with van der Waals surface area (Å²) >= 11 is 1.63. The van der Waals surface area contributed by atoms with Gasteiger partial charge in [-0.1, -0.05) is 36.0 Å². The summed E-state index contributed by atoms with van der Waals surface area (Å²) in [5, 5.41) is 0.798. The average molecular weight is 411 g/mol. The van der Waals surface area contributed by atoms with Crippen LogP contribution in [0, 0.1) is 0 Å². The van der Waals surface area contributed by atoms with Crippen LogP contribution in [0.15, 0.2) is 54.2 Å². The predicted molar refractivity (Wildman–Crippen MR) is 109 cm³/mol. The van der Waals surface area contributed by atoms with E-state index >= 15 is 0 Å². The van der Waals surface area contributed by atoms with Gasteiger partial charge in [-0.05, 0) is 38.6 Å². The van der Waals surface area contributed by atoms with E-state index in [-0.39, 0.29) is 16.9 Å². The van der Waals surface area contributed by atoms with Gasteiger partial charge in [-0.15, -0.1) is 6.58 Å². The van der Waals surface area contributed by atoms with Gasteiger partial charge in [-0.2, -0.15) is 13.2 Å². The van der Waals surface area contributed by atoms with E-state index in [1.807, 2.05) is 0 Å². The van der Waals surface area contributed by atoms with Crippen molar-refractivity contribution in [2.45, 2.75) is 43.3 Å². The van der Waals surface area contributed by atoms with E-state index in [1.165, 1.54) is 12.1 Å². The molecule has 0 N–H and O–H groups in total. The molecule has 0 radical (unpaired) electrons. The molecule has 0 aliphatic carbocycles. The number of hydrogen-bond donors (Lipinski definition) is 0. The molecule has 0 saturated carbocycles. The second kappa shape index (κ2) is 8.33. The van der Waals surface area contributed by atoms with Crippen molar-refractivity contribution >= 4 is 16.8 Å². The van der Waals surface area contributed by atoms with Gasteiger partial charge >= 0.3 is 6.18 Å². The third kappa shape index (κ3) is 4.81. The minimum Gasteiger partial charge on any atom is -0.372 e. The summed E-state index contributed by atoms with van der Waals surface area (Å²) in [6.45, 7) is 9.87. The second-order valence-electron chi connectivity index (χ2n) is 7.44. The van der Waals surface area contributed by atoms with Crippen LogP contribution in [-0.2, 0) is 10.9 Å². The zero-order chi connectivity index (χ0) is 20.4. The maximum absolute atomic E-state index is 12.8. The third-order valence-electron chi connectivity index (χ3n) is 5.00. The lowest BCUT2D eigenvalue weighted by Crippen LogP contribution is -2.45. The van der Waals surface area contributed by atoms with Crippen LogP contribution < -0.4 is 0 Å². The Kier molecular flexibility index (Phi) is 6.25. The van der Waals surface area contributed by atoms with E-state index in [0.29, 0.717) is 13.2 Å². The fourth-order valence-electron chi connectivity index (χ4n) is 3.50. The van der Waals surface area contributed by atoms with Crippen LogP contribution in [0.5, 0.6) is 0 Å². The van der Waals surface area contributed by atoms with Gasteiger partial charge < -0.3 is 9.64 Å². The number of hydrogen-bond acceptors (Lipinski definition) is 4. The van der Waals surface area contributed by atoms with E-state index in [2.05, 4.69) is 42.6 Å². The fourth-order valence-corrected chi connectivity index (χ4v) is 4.69. The van der Waals surface area contributed by atoms with E-state index in [1.54, 1.807) is 17.8 Å². The molecule has 3 nitrogen and oxygen atoms in total. The van der Waals surface area contributed by atoms with E-state index in [0.717, 1.165) is 35.7 Å². The molecule has 3 rings (SSSR count). The number of halogens is 3. The first kappa shape index (κ1) is 21.0. The van der Waals surface area contributed by atoms with E-state index in [4.69, 9.17) is 4.74 Å². The standard InChI is InChI=1S/C21H25F3N2OS/c1-4-12-27-15(2)18-6-5-11-26(18)14-20(3)13-25-19(28-20)16-7-9-17(10-8-16)21(22,23)24/h4-5,7-11,15,18H,1,6,12-14H2,2-3H3/t15-,18?,20?/m1/s1. The molecule has 3 atom stereocenters. The first-order valence-corrected chi connectivity index (χ1v) is 10.1. The summed E-state index contributed by atoms with van der Waals surface area (Å²) in [5.74, 6) is 0. The number of rotatable bonds is 7. The lowest BCUT2D eigenvalue weighted by Gasteiger charge is -2.35. The Morgan fingerprint density at radius 2 is 2.11 bits per heavy atom. The summed E-state index contributed by atoms with van der Waals surface area (Å²) in [7, 11) is 0. The van der Waals surface area contributed by atoms with Crippen molar-refractivity contribution in [3.8, 4) is 0 Å². The highest BCUT2D eigenvalue weighted by Gasteiger charge is 2.38. The van der Waals surface area contributed by atoms with Gasteiger partial charge in [0, 0.05) is 12.1 Å². The number of aliphatic imine (C=N–C) groups is 1. The first-order valence-electron chi connectivity index (χ1n) is 9.28. The van der Waals surface area contributed by atoms with Crippen LogP contribution in [0.2, 0.25) is 0 Å². The Balaban J connectivity index is 1.62. The largest absolute Gasteiger partial charge is 0.416 e. The topological polar surface area (TPSA) is 24.8 Å². The minimum atomic E-state index is -4.32. The highest BCUT2D eigenvalue weighted by Crippen LogP contribution is 2.38. The van der Waals surface area contributed by atoms with Crippen LogP contribution in [0.25, 0.3) is 0 Å². The zero-order valence-corrected chi connectivity index (χ0v) is 16.9. The van der Waals surface area contributed by atoms with Gasteiger partial charge in [-0.25, -0.2) is 0 Å². The highest BCUT2D eigenvalue weighted by atomic mass is 32.2. The van der Waals surface area contributed by atoms with Crippen molar-refractivity contribution in [1.29, 1.82) is 0 Å². The molecule has 2 aliphatic rings. The van der Waals surface area contributed by atoms with Gasteiger partial charge in [0.1, 0.15) is 0 Å². The Hall–Kier alpha value is -1.73. The smallest absolute Gasteiger partial charge is 0.372 e. The number of ether oxygens (including phenoxy) is 1. The molecule has 0 amide bonds. The SMILES string of the molecule is C=CCO[C@H](C)C1CC=CN1CC1(C)CN=C(c2ccc(C(F)(F)F)cc2)S1. The lowest BCUT2D eigenvalue weighted by atomic mass is 10.1. The Morgan fingerprint density at radius 3 is 2.75 bits per heavy atom. The van der Waals surface area contributed by atoms with Gasteiger partial charge in [-0.3, -0.25) is 4.99 Å². The number of alkyl halides is 3. The third-order valence-corrected chi connectivity index (χ3v) is 6.30. The molecular weight excluding hydrogens is 385 g/mol. The second-order valence-corrected chi connectivity index (χ2v) is 9.01. The lowest BCUT2D eigenvalue weighted by molar-refractivity contribution is -0.137. The maximum Gasteiger partial charge on any atom is 0.416 e. The monoisotopic (exact) mass is 410 g/mol. The van der Waals surface area contributed by atoms with Crippen LogP contribution in [0.1, 0.15) is 31.4 Å². The number of thioether (sulfide) groups is 1. The normalized spacial score (nSPS) is 25.8. The summed E-state index contributed by atoms with van der Waals surface area (Å²) in [6.07, 6.45) is 2.71. The van der Waals surface area contributed by atoms with Crippen LogP contribution in [-0.4, -0.2) is 46.5 Å². The molecule has 0 saturated heterocycles. The van der Waals surface area contributed by atoms with Crippen molar-refractivity contribution in [2.75, 3.05) is 19.7 Å². The minimum absolute atomic E-state index is 0.0818. The zero-order valence-electron chi connectivity index (χ0n) is 16.1. The molecule has 2 unspecified atom stereocenters. The summed E-state index contributed by atoms with van der Waals surface area (Å²) < 4.78 is 44.0. The molecule has 2 heterocycles. The molecule has 2 aliphatic heterocycles. The molecule has 0 aromatic heterocycles. The van der Waals surface area contributed by atoms with Crippen LogP contribution in [0.3, 0.4) is 0 Å². The molecule has 0 fully saturated rings. The Morgan fingerprint density at radius 1 is 1.39 bits per heavy atom. The van der Waals surface area contributed by atoms with Gasteiger partial charge in [0.05, 0.1) is 40.7 Å². The van der Waals surface area contributed by atoms with Gasteiger partial charge in [0.2, 0.25) is 0 Å². The molecule has 0 spiro atoms. The van der Waals surface area contributed by atoms with E-state index in [9.17, 15) is 13.2 Å².